The van der Waals surface area contributed by atoms with Gasteiger partial charge in [-0.15, -0.1) is 0 Å². The smallest absolute Gasteiger partial charge is 0.416 e. The van der Waals surface area contributed by atoms with E-state index in [-0.39, 0.29) is 12.3 Å². The predicted octanol–water partition coefficient (Wildman–Crippen LogP) is 2.35. The van der Waals surface area contributed by atoms with Crippen LogP contribution in [0.25, 0.3) is 0 Å². The molecule has 0 spiro atoms. The molecule has 0 aliphatic heterocycles. The first-order valence-electron chi connectivity index (χ1n) is 8.56. The molecule has 0 fully saturated rings. The minimum atomic E-state index is -4.74. The molecule has 0 radical (unpaired) electrons. The Labute approximate surface area is 164 Å². The van der Waals surface area contributed by atoms with Gasteiger partial charge in [0.1, 0.15) is 12.3 Å². The number of fused-ring (bicyclic) bond motifs is 1. The van der Waals surface area contributed by atoms with E-state index in [2.05, 4.69) is 9.82 Å². The summed E-state index contributed by atoms with van der Waals surface area (Å²) in [5.74, 6) is -1.33. The van der Waals surface area contributed by atoms with Crippen molar-refractivity contribution in [2.75, 3.05) is 7.11 Å². The maximum Gasteiger partial charge on any atom is 0.416 e. The number of aromatic nitrogens is 2. The predicted molar refractivity (Wildman–Crippen MR) is 93.9 cm³/mol. The number of hydrogen-bond acceptors (Lipinski definition) is 5. The minimum absolute atomic E-state index is 0.237. The van der Waals surface area contributed by atoms with Crippen LogP contribution in [0.1, 0.15) is 35.7 Å². The molecule has 0 saturated heterocycles. The zero-order chi connectivity index (χ0) is 21.4. The van der Waals surface area contributed by atoms with Crippen molar-refractivity contribution in [3.8, 4) is 5.75 Å². The Balaban J connectivity index is 1.94. The number of nitrogens with one attached hydrogen (secondary N) is 1. The van der Waals surface area contributed by atoms with Gasteiger partial charge in [0.25, 0.3) is 0 Å². The highest BCUT2D eigenvalue weighted by atomic mass is 32.2. The summed E-state index contributed by atoms with van der Waals surface area (Å²) in [6.07, 6.45) is -1.86. The molecule has 2 N–H and O–H groups in total. The lowest BCUT2D eigenvalue weighted by molar-refractivity contribution is -0.138. The average molecular weight is 433 g/mol. The maximum absolute atomic E-state index is 13.1. The molecular formula is C17H18F3N3O5S. The number of methoxy groups -OCH3 is 1. The van der Waals surface area contributed by atoms with E-state index in [0.717, 1.165) is 13.2 Å². The van der Waals surface area contributed by atoms with Gasteiger partial charge < -0.3 is 9.84 Å². The Hall–Kier alpha value is -2.60. The van der Waals surface area contributed by atoms with E-state index in [4.69, 9.17) is 9.84 Å². The van der Waals surface area contributed by atoms with Crippen LogP contribution in [0.15, 0.2) is 29.3 Å². The largest absolute Gasteiger partial charge is 0.497 e. The van der Waals surface area contributed by atoms with Gasteiger partial charge in [0, 0.05) is 17.3 Å². The van der Waals surface area contributed by atoms with Gasteiger partial charge >= 0.3 is 12.1 Å². The molecule has 3 rings (SSSR count). The van der Waals surface area contributed by atoms with E-state index < -0.39 is 38.7 Å². The quantitative estimate of drug-likeness (QED) is 0.724. The molecule has 2 aromatic rings. The second-order valence-corrected chi connectivity index (χ2v) is 8.27. The molecule has 0 bridgehead atoms. The lowest BCUT2D eigenvalue weighted by Gasteiger charge is -2.24. The summed E-state index contributed by atoms with van der Waals surface area (Å²) in [6, 6.07) is 1.54. The first-order chi connectivity index (χ1) is 13.5. The van der Waals surface area contributed by atoms with Gasteiger partial charge in [-0.3, -0.25) is 9.48 Å². The van der Waals surface area contributed by atoms with Crippen LogP contribution in [0, 0.1) is 0 Å². The fraction of sp³-hybridized carbons (Fsp3) is 0.412. The van der Waals surface area contributed by atoms with E-state index >= 15 is 0 Å². The molecule has 1 unspecified atom stereocenters. The van der Waals surface area contributed by atoms with E-state index in [1.54, 1.807) is 0 Å². The number of carbonyl (C=O) groups is 1. The second kappa shape index (κ2) is 7.67. The third kappa shape index (κ3) is 4.53. The molecule has 1 heterocycles. The van der Waals surface area contributed by atoms with Gasteiger partial charge in [0.15, 0.2) is 0 Å². The van der Waals surface area contributed by atoms with Crippen molar-refractivity contribution in [1.82, 2.24) is 14.5 Å². The molecule has 0 saturated carbocycles. The normalized spacial score (nSPS) is 17.0. The average Bonchev–Trinajstić information content (AvgIpc) is 3.03. The van der Waals surface area contributed by atoms with E-state index in [0.29, 0.717) is 42.7 Å². The lowest BCUT2D eigenvalue weighted by Crippen LogP contribution is -2.31. The molecule has 1 aliphatic carbocycles. The van der Waals surface area contributed by atoms with Gasteiger partial charge in [-0.05, 0) is 31.4 Å². The summed E-state index contributed by atoms with van der Waals surface area (Å²) in [5, 5.41) is 12.9. The number of aliphatic carboxylic acids is 1. The van der Waals surface area contributed by atoms with Crippen LogP contribution < -0.4 is 9.46 Å². The summed E-state index contributed by atoms with van der Waals surface area (Å²) in [7, 11) is -3.17. The summed E-state index contributed by atoms with van der Waals surface area (Å²) in [4.78, 5) is 10.4. The molecule has 29 heavy (non-hydrogen) atoms. The highest BCUT2D eigenvalue weighted by molar-refractivity contribution is 7.89. The number of rotatable bonds is 6. The van der Waals surface area contributed by atoms with Crippen molar-refractivity contribution in [2.45, 2.75) is 42.9 Å². The number of carboxylic acid groups (broad SMARTS) is 1. The standard InChI is InChI=1S/C17H18F3N3O5S/c1-28-11-5-10(17(18,19)20)6-12(7-11)29(26,27)22-14-3-2-4-15-13(14)8-21-23(15)9-16(24)25/h5-8,14,22H,2-4,9H2,1H3,(H,24,25). The minimum Gasteiger partial charge on any atom is -0.497 e. The third-order valence-electron chi connectivity index (χ3n) is 4.60. The number of ether oxygens (including phenoxy) is 1. The van der Waals surface area contributed by atoms with Crippen molar-refractivity contribution in [2.24, 2.45) is 0 Å². The zero-order valence-corrected chi connectivity index (χ0v) is 16.0. The van der Waals surface area contributed by atoms with E-state index in [1.807, 2.05) is 0 Å². The van der Waals surface area contributed by atoms with Crippen molar-refractivity contribution in [1.29, 1.82) is 0 Å². The number of nitrogens with zero attached hydrogens (tertiary/aromatic N) is 2. The summed E-state index contributed by atoms with van der Waals surface area (Å²) in [5.41, 5.74) is -0.0381. The Morgan fingerprint density at radius 2 is 2.10 bits per heavy atom. The summed E-state index contributed by atoms with van der Waals surface area (Å²) in [6.45, 7) is -0.361. The molecule has 1 atom stereocenters. The number of alkyl halides is 3. The fourth-order valence-electron chi connectivity index (χ4n) is 3.27. The second-order valence-electron chi connectivity index (χ2n) is 6.56. The van der Waals surface area contributed by atoms with Gasteiger partial charge in [-0.1, -0.05) is 0 Å². The molecule has 8 nitrogen and oxygen atoms in total. The topological polar surface area (TPSA) is 111 Å². The van der Waals surface area contributed by atoms with Crippen LogP contribution in [0.4, 0.5) is 13.2 Å². The molecule has 1 aliphatic rings. The Kier molecular flexibility index (Phi) is 5.59. The lowest BCUT2D eigenvalue weighted by atomic mass is 9.94. The van der Waals surface area contributed by atoms with Crippen LogP contribution >= 0.6 is 0 Å². The first-order valence-corrected chi connectivity index (χ1v) is 10.0. The van der Waals surface area contributed by atoms with Crippen LogP contribution in [0.3, 0.4) is 0 Å². The Morgan fingerprint density at radius 1 is 1.38 bits per heavy atom. The van der Waals surface area contributed by atoms with E-state index in [1.165, 1.54) is 10.9 Å². The van der Waals surface area contributed by atoms with Gasteiger partial charge in [0.05, 0.1) is 29.8 Å². The van der Waals surface area contributed by atoms with Crippen molar-refractivity contribution >= 4 is 16.0 Å². The highest BCUT2D eigenvalue weighted by Gasteiger charge is 2.34. The zero-order valence-electron chi connectivity index (χ0n) is 15.2. The van der Waals surface area contributed by atoms with Gasteiger partial charge in [-0.25, -0.2) is 13.1 Å². The summed E-state index contributed by atoms with van der Waals surface area (Å²) >= 11 is 0. The summed E-state index contributed by atoms with van der Waals surface area (Å²) < 4.78 is 73.4. The van der Waals surface area contributed by atoms with Crippen LogP contribution in [0.5, 0.6) is 5.75 Å². The Morgan fingerprint density at radius 3 is 2.72 bits per heavy atom. The van der Waals surface area contributed by atoms with Gasteiger partial charge in [-0.2, -0.15) is 18.3 Å². The number of halogens is 3. The van der Waals surface area contributed by atoms with E-state index in [9.17, 15) is 26.4 Å². The SMILES string of the molecule is COc1cc(C(F)(F)F)cc(S(=O)(=O)NC2CCCc3c2cnn3CC(=O)O)c1. The third-order valence-corrected chi connectivity index (χ3v) is 6.05. The first kappa shape index (κ1) is 21.1. The molecule has 158 valence electrons. The fourth-order valence-corrected chi connectivity index (χ4v) is 4.58. The monoisotopic (exact) mass is 433 g/mol. The Bertz CT molecular complexity index is 1030. The molecule has 1 aromatic carbocycles. The molecule has 0 amide bonds. The van der Waals surface area contributed by atoms with Crippen molar-refractivity contribution in [3.05, 3.63) is 41.2 Å². The number of hydrogen-bond donors (Lipinski definition) is 2. The highest BCUT2D eigenvalue weighted by Crippen LogP contribution is 2.35. The van der Waals surface area contributed by atoms with Crippen molar-refractivity contribution in [3.63, 3.8) is 0 Å². The van der Waals surface area contributed by atoms with Crippen molar-refractivity contribution < 1.29 is 36.2 Å². The van der Waals surface area contributed by atoms with Crippen LogP contribution in [0.2, 0.25) is 0 Å². The number of carboxylic acids is 1. The molecular weight excluding hydrogens is 415 g/mol. The molecule has 1 aromatic heterocycles. The van der Waals surface area contributed by atoms with Crippen LogP contribution in [-0.4, -0.2) is 36.4 Å². The molecule has 12 heteroatoms. The maximum atomic E-state index is 13.1. The number of benzene rings is 1. The van der Waals surface area contributed by atoms with Gasteiger partial charge in [0.2, 0.25) is 10.0 Å². The van der Waals surface area contributed by atoms with Crippen LogP contribution in [-0.2, 0) is 34.0 Å². The number of sulfonamides is 1.